The topological polar surface area (TPSA) is 0 Å². The summed E-state index contributed by atoms with van der Waals surface area (Å²) in [5, 5.41) is 0. The summed E-state index contributed by atoms with van der Waals surface area (Å²) in [6.07, 6.45) is 17.3. The molecule has 118 valence electrons. The molecule has 2 rings (SSSR count). The predicted molar refractivity (Wildman–Crippen MR) is 94.4 cm³/mol. The van der Waals surface area contributed by atoms with E-state index in [9.17, 15) is 0 Å². The van der Waals surface area contributed by atoms with Gasteiger partial charge < -0.3 is 0 Å². The molecule has 2 aliphatic rings. The molecule has 0 unspecified atom stereocenters. The Kier molecular flexibility index (Phi) is 13.6. The zero-order chi connectivity index (χ0) is 13.8. The molecule has 0 amide bonds. The van der Waals surface area contributed by atoms with E-state index in [1.807, 2.05) is 0 Å². The first kappa shape index (κ1) is 26.2. The van der Waals surface area contributed by atoms with E-state index in [-0.39, 0.29) is 46.5 Å². The first-order chi connectivity index (χ1) is 8.21. The van der Waals surface area contributed by atoms with Crippen molar-refractivity contribution in [3.05, 3.63) is 47.6 Å². The van der Waals surface area contributed by atoms with Crippen LogP contribution in [0.1, 0.15) is 54.4 Å². The van der Waals surface area contributed by atoms with E-state index in [4.69, 9.17) is 0 Å². The molecule has 0 aromatic carbocycles. The number of allylic oxidation sites excluding steroid dienone is 8. The molecule has 2 aliphatic carbocycles. The van der Waals surface area contributed by atoms with Gasteiger partial charge in [-0.3, -0.25) is 12.2 Å². The minimum Gasteiger partial charge on any atom is -0.269 e. The van der Waals surface area contributed by atoms with E-state index in [2.05, 4.69) is 78.0 Å². The van der Waals surface area contributed by atoms with Crippen LogP contribution < -0.4 is 0 Å². The fourth-order valence-corrected chi connectivity index (χ4v) is 1.84. The van der Waals surface area contributed by atoms with Gasteiger partial charge in [0, 0.05) is 0 Å². The third-order valence-electron chi connectivity index (χ3n) is 3.01. The summed E-state index contributed by atoms with van der Waals surface area (Å²) in [4.78, 5) is 0. The van der Waals surface area contributed by atoms with Crippen molar-refractivity contribution in [2.45, 2.75) is 54.4 Å². The Labute approximate surface area is 158 Å². The van der Waals surface area contributed by atoms with E-state index >= 15 is 0 Å². The average Bonchev–Trinajstić information content (AvgIpc) is 2.91. The van der Waals surface area contributed by atoms with Gasteiger partial charge in [-0.25, -0.2) is 23.3 Å². The van der Waals surface area contributed by atoms with Gasteiger partial charge in [-0.2, -0.15) is 12.2 Å². The van der Waals surface area contributed by atoms with Gasteiger partial charge in [-0.1, -0.05) is 41.5 Å². The Balaban J connectivity index is -0.000000270. The van der Waals surface area contributed by atoms with Crippen LogP contribution in [-0.4, -0.2) is 0 Å². The van der Waals surface area contributed by atoms with Crippen LogP contribution >= 0.6 is 24.8 Å². The molecule has 0 aliphatic heterocycles. The SMILES string of the molecule is CC(C)(C)C1=[C-]CC=C1.CC(C)(C)C1=[C-]CC=C1.Cl.Cl.[Ti+2]. The van der Waals surface area contributed by atoms with Crippen LogP contribution in [0.2, 0.25) is 0 Å². The molecule has 0 saturated carbocycles. The summed E-state index contributed by atoms with van der Waals surface area (Å²) in [5.74, 6) is 0. The predicted octanol–water partition coefficient (Wildman–Crippen LogP) is 6.29. The summed E-state index contributed by atoms with van der Waals surface area (Å²) in [5.41, 5.74) is 3.30. The normalized spacial score (nSPS) is 15.7. The van der Waals surface area contributed by atoms with Crippen LogP contribution in [0.5, 0.6) is 0 Å². The second kappa shape index (κ2) is 10.9. The third kappa shape index (κ3) is 9.79. The van der Waals surface area contributed by atoms with Gasteiger partial charge in [0.2, 0.25) is 0 Å². The van der Waals surface area contributed by atoms with E-state index in [1.165, 1.54) is 11.1 Å². The molecule has 3 heteroatoms. The van der Waals surface area contributed by atoms with Gasteiger partial charge in [-0.05, 0) is 10.8 Å². The summed E-state index contributed by atoms with van der Waals surface area (Å²) < 4.78 is 0. The van der Waals surface area contributed by atoms with Crippen LogP contribution in [0.4, 0.5) is 0 Å². The van der Waals surface area contributed by atoms with Crippen molar-refractivity contribution in [3.8, 4) is 0 Å². The van der Waals surface area contributed by atoms with Crippen molar-refractivity contribution in [1.29, 1.82) is 0 Å². The van der Waals surface area contributed by atoms with Crippen molar-refractivity contribution in [2.24, 2.45) is 10.8 Å². The number of hydrogen-bond acceptors (Lipinski definition) is 0. The number of rotatable bonds is 0. The average molecular weight is 363 g/mol. The standard InChI is InChI=1S/2C9H13.2ClH.Ti/c2*1-9(2,3)8-6-4-5-7-8;;;/h2*4,6H,5H2,1-3H3;2*1H;/q2*-1;;;+2. The Morgan fingerprint density at radius 1 is 0.714 bits per heavy atom. The molecule has 0 saturated heterocycles. The first-order valence-corrected chi connectivity index (χ1v) is 6.77. The molecular weight excluding hydrogens is 335 g/mol. The molecule has 0 aromatic rings. The second-order valence-corrected chi connectivity index (χ2v) is 6.89. The Bertz CT molecular complexity index is 362. The molecule has 21 heavy (non-hydrogen) atoms. The molecule has 0 spiro atoms. The molecule has 0 bridgehead atoms. The van der Waals surface area contributed by atoms with E-state index < -0.39 is 0 Å². The zero-order valence-corrected chi connectivity index (χ0v) is 17.2. The van der Waals surface area contributed by atoms with Crippen LogP contribution in [0.15, 0.2) is 35.5 Å². The molecule has 0 fully saturated rings. The van der Waals surface area contributed by atoms with Crippen LogP contribution in [0.3, 0.4) is 0 Å². The van der Waals surface area contributed by atoms with E-state index in [0.29, 0.717) is 10.8 Å². The molecule has 0 atom stereocenters. The van der Waals surface area contributed by atoms with Crippen molar-refractivity contribution >= 4 is 24.8 Å². The summed E-state index contributed by atoms with van der Waals surface area (Å²) in [6.45, 7) is 13.3. The van der Waals surface area contributed by atoms with Crippen molar-refractivity contribution in [3.63, 3.8) is 0 Å². The summed E-state index contributed by atoms with van der Waals surface area (Å²) in [6, 6.07) is 0. The van der Waals surface area contributed by atoms with E-state index in [1.54, 1.807) is 0 Å². The maximum atomic E-state index is 3.30. The molecule has 0 N–H and O–H groups in total. The smallest absolute Gasteiger partial charge is 0.269 e. The van der Waals surface area contributed by atoms with Crippen LogP contribution in [-0.2, 0) is 21.7 Å². The third-order valence-corrected chi connectivity index (χ3v) is 3.01. The monoisotopic (exact) mass is 362 g/mol. The van der Waals surface area contributed by atoms with Crippen molar-refractivity contribution in [1.82, 2.24) is 0 Å². The van der Waals surface area contributed by atoms with Gasteiger partial charge in [0.15, 0.2) is 0 Å². The van der Waals surface area contributed by atoms with Crippen LogP contribution in [0.25, 0.3) is 0 Å². The van der Waals surface area contributed by atoms with Gasteiger partial charge in [0.05, 0.1) is 0 Å². The Morgan fingerprint density at radius 3 is 1.10 bits per heavy atom. The van der Waals surface area contributed by atoms with Gasteiger partial charge in [0.1, 0.15) is 0 Å². The van der Waals surface area contributed by atoms with E-state index in [0.717, 1.165) is 12.8 Å². The Hall–Kier alpha value is 0.254. The number of halogens is 2. The minimum atomic E-state index is 0. The van der Waals surface area contributed by atoms with Gasteiger partial charge in [0.25, 0.3) is 0 Å². The van der Waals surface area contributed by atoms with Gasteiger partial charge >= 0.3 is 21.7 Å². The molecule has 0 aromatic heterocycles. The molecular formula is C18H28Cl2Ti. The zero-order valence-electron chi connectivity index (χ0n) is 14.0. The largest absolute Gasteiger partial charge is 2.00 e. The quantitative estimate of drug-likeness (QED) is 0.351. The second-order valence-electron chi connectivity index (χ2n) is 6.89. The number of hydrogen-bond donors (Lipinski definition) is 0. The maximum absolute atomic E-state index is 3.30. The minimum absolute atomic E-state index is 0. The van der Waals surface area contributed by atoms with Crippen molar-refractivity contribution in [2.75, 3.05) is 0 Å². The van der Waals surface area contributed by atoms with Crippen molar-refractivity contribution < 1.29 is 21.7 Å². The molecule has 0 radical (unpaired) electrons. The van der Waals surface area contributed by atoms with Gasteiger partial charge in [-0.15, -0.1) is 37.7 Å². The fourth-order valence-electron chi connectivity index (χ4n) is 1.84. The maximum Gasteiger partial charge on any atom is 2.00 e. The van der Waals surface area contributed by atoms with Crippen LogP contribution in [0, 0.1) is 23.0 Å². The summed E-state index contributed by atoms with van der Waals surface area (Å²) >= 11 is 0. The fraction of sp³-hybridized carbons (Fsp3) is 0.556. The molecule has 0 nitrogen and oxygen atoms in total. The summed E-state index contributed by atoms with van der Waals surface area (Å²) in [7, 11) is 0. The first-order valence-electron chi connectivity index (χ1n) is 6.77. The Morgan fingerprint density at radius 2 is 1.00 bits per heavy atom. The molecule has 0 heterocycles.